The van der Waals surface area contributed by atoms with Gasteiger partial charge in [-0.1, -0.05) is 60.7 Å². The fourth-order valence-corrected chi connectivity index (χ4v) is 2.42. The smallest absolute Gasteiger partial charge is 0.106 e. The number of ether oxygens (including phenoxy) is 1. The van der Waals surface area contributed by atoms with E-state index in [-0.39, 0.29) is 0 Å². The number of nitrogens with one attached hydrogen (secondary N) is 1. The molecule has 112 valence electrons. The van der Waals surface area contributed by atoms with Crippen LogP contribution in [0, 0.1) is 0 Å². The second-order valence-corrected chi connectivity index (χ2v) is 5.23. The van der Waals surface area contributed by atoms with E-state index in [1.165, 1.54) is 0 Å². The van der Waals surface area contributed by atoms with E-state index in [1.807, 2.05) is 60.7 Å². The van der Waals surface area contributed by atoms with Gasteiger partial charge in [0.25, 0.3) is 0 Å². The van der Waals surface area contributed by atoms with Crippen LogP contribution < -0.4 is 5.32 Å². The Balaban J connectivity index is 2.13. The van der Waals surface area contributed by atoms with Gasteiger partial charge in [-0.15, -0.1) is 0 Å². The number of methoxy groups -OCH3 is 1. The van der Waals surface area contributed by atoms with Gasteiger partial charge in [0.1, 0.15) is 5.60 Å². The summed E-state index contributed by atoms with van der Waals surface area (Å²) in [6.45, 7) is 1.85. The molecule has 0 saturated carbocycles. The summed E-state index contributed by atoms with van der Waals surface area (Å²) in [5, 5.41) is 14.4. The zero-order valence-electron chi connectivity index (χ0n) is 12.5. The van der Waals surface area contributed by atoms with E-state index < -0.39 is 5.60 Å². The zero-order chi connectivity index (χ0) is 15.0. The fourth-order valence-electron chi connectivity index (χ4n) is 2.42. The first-order chi connectivity index (χ1) is 10.2. The van der Waals surface area contributed by atoms with Crippen molar-refractivity contribution < 1.29 is 9.84 Å². The molecule has 2 N–H and O–H groups in total. The molecule has 0 aliphatic rings. The van der Waals surface area contributed by atoms with E-state index in [1.54, 1.807) is 7.11 Å². The van der Waals surface area contributed by atoms with Crippen LogP contribution in [0.1, 0.15) is 11.1 Å². The van der Waals surface area contributed by atoms with Crippen molar-refractivity contribution in [2.45, 2.75) is 12.0 Å². The highest BCUT2D eigenvalue weighted by Crippen LogP contribution is 2.25. The summed E-state index contributed by atoms with van der Waals surface area (Å²) in [6.07, 6.45) is 0.581. The third-order valence-corrected chi connectivity index (χ3v) is 3.55. The molecule has 0 bridgehead atoms. The lowest BCUT2D eigenvalue weighted by Crippen LogP contribution is -2.41. The quantitative estimate of drug-likeness (QED) is 0.732. The van der Waals surface area contributed by atoms with Gasteiger partial charge in [0.05, 0.1) is 6.61 Å². The molecular weight excluding hydrogens is 262 g/mol. The van der Waals surface area contributed by atoms with Crippen molar-refractivity contribution in [3.8, 4) is 0 Å². The molecule has 0 heterocycles. The van der Waals surface area contributed by atoms with Crippen molar-refractivity contribution in [1.82, 2.24) is 5.32 Å². The molecule has 0 radical (unpaired) electrons. The van der Waals surface area contributed by atoms with Crippen LogP contribution >= 0.6 is 0 Å². The first kappa shape index (κ1) is 15.7. The van der Waals surface area contributed by atoms with E-state index in [4.69, 9.17) is 4.74 Å². The Morgan fingerprint density at radius 2 is 1.62 bits per heavy atom. The van der Waals surface area contributed by atoms with E-state index in [2.05, 4.69) is 5.32 Å². The zero-order valence-corrected chi connectivity index (χ0v) is 12.5. The van der Waals surface area contributed by atoms with Gasteiger partial charge in [0.2, 0.25) is 0 Å². The molecule has 3 heteroatoms. The highest BCUT2D eigenvalue weighted by atomic mass is 16.5. The number of benzene rings is 2. The Labute approximate surface area is 126 Å². The van der Waals surface area contributed by atoms with Gasteiger partial charge in [-0.25, -0.2) is 0 Å². The minimum atomic E-state index is -0.920. The van der Waals surface area contributed by atoms with E-state index in [0.717, 1.165) is 17.7 Å². The highest BCUT2D eigenvalue weighted by Gasteiger charge is 2.28. The standard InChI is InChI=1S/C18H23NO2/c1-21-13-12-19-15-18(20,17-10-6-3-7-11-17)14-16-8-4-2-5-9-16/h2-11,19-20H,12-15H2,1H3. The molecule has 0 aliphatic heterocycles. The molecule has 2 aromatic rings. The first-order valence-electron chi connectivity index (χ1n) is 7.26. The number of rotatable bonds is 8. The van der Waals surface area contributed by atoms with Crippen LogP contribution in [0.3, 0.4) is 0 Å². The third kappa shape index (κ3) is 4.67. The Morgan fingerprint density at radius 3 is 2.24 bits per heavy atom. The average molecular weight is 285 g/mol. The van der Waals surface area contributed by atoms with Crippen molar-refractivity contribution in [2.24, 2.45) is 0 Å². The maximum atomic E-state index is 11.1. The SMILES string of the molecule is COCCNCC(O)(Cc1ccccc1)c1ccccc1. The molecule has 0 spiro atoms. The first-order valence-corrected chi connectivity index (χ1v) is 7.26. The Morgan fingerprint density at radius 1 is 1.00 bits per heavy atom. The van der Waals surface area contributed by atoms with Gasteiger partial charge in [-0.05, 0) is 11.1 Å². The maximum absolute atomic E-state index is 11.1. The molecule has 0 amide bonds. The van der Waals surface area contributed by atoms with Crippen LogP contribution in [0.15, 0.2) is 60.7 Å². The van der Waals surface area contributed by atoms with Gasteiger partial charge < -0.3 is 15.2 Å². The average Bonchev–Trinajstić information content (AvgIpc) is 2.53. The lowest BCUT2D eigenvalue weighted by molar-refractivity contribution is 0.0354. The summed E-state index contributed by atoms with van der Waals surface area (Å²) in [6, 6.07) is 19.9. The van der Waals surface area contributed by atoms with Crippen molar-refractivity contribution in [1.29, 1.82) is 0 Å². The Bertz CT molecular complexity index is 515. The molecule has 1 unspecified atom stereocenters. The van der Waals surface area contributed by atoms with Crippen molar-refractivity contribution >= 4 is 0 Å². The van der Waals surface area contributed by atoms with E-state index in [0.29, 0.717) is 19.6 Å². The van der Waals surface area contributed by atoms with Crippen molar-refractivity contribution in [3.63, 3.8) is 0 Å². The van der Waals surface area contributed by atoms with Gasteiger partial charge in [0.15, 0.2) is 0 Å². The van der Waals surface area contributed by atoms with Gasteiger partial charge in [-0.3, -0.25) is 0 Å². The molecule has 0 saturated heterocycles. The molecule has 0 aromatic heterocycles. The molecule has 2 rings (SSSR count). The summed E-state index contributed by atoms with van der Waals surface area (Å²) in [5.41, 5.74) is 1.13. The second kappa shape index (κ2) is 7.93. The largest absolute Gasteiger partial charge is 0.383 e. The molecular formula is C18H23NO2. The molecule has 0 fully saturated rings. The summed E-state index contributed by atoms with van der Waals surface area (Å²) < 4.78 is 5.04. The van der Waals surface area contributed by atoms with Crippen LogP contribution in [0.5, 0.6) is 0 Å². The normalized spacial score (nSPS) is 13.8. The van der Waals surface area contributed by atoms with Crippen LogP contribution in [-0.4, -0.2) is 31.9 Å². The predicted molar refractivity (Wildman–Crippen MR) is 85.2 cm³/mol. The molecule has 2 aromatic carbocycles. The minimum Gasteiger partial charge on any atom is -0.383 e. The number of hydrogen-bond donors (Lipinski definition) is 2. The van der Waals surface area contributed by atoms with E-state index in [9.17, 15) is 5.11 Å². The molecule has 21 heavy (non-hydrogen) atoms. The van der Waals surface area contributed by atoms with Gasteiger partial charge in [0, 0.05) is 26.6 Å². The molecule has 1 atom stereocenters. The Hall–Kier alpha value is -1.68. The third-order valence-electron chi connectivity index (χ3n) is 3.55. The second-order valence-electron chi connectivity index (χ2n) is 5.23. The summed E-state index contributed by atoms with van der Waals surface area (Å²) in [5.74, 6) is 0. The summed E-state index contributed by atoms with van der Waals surface area (Å²) in [4.78, 5) is 0. The fraction of sp³-hybridized carbons (Fsp3) is 0.333. The summed E-state index contributed by atoms with van der Waals surface area (Å²) in [7, 11) is 1.68. The van der Waals surface area contributed by atoms with Gasteiger partial charge in [-0.2, -0.15) is 0 Å². The van der Waals surface area contributed by atoms with Crippen LogP contribution in [0.4, 0.5) is 0 Å². The minimum absolute atomic E-state index is 0.495. The monoisotopic (exact) mass is 285 g/mol. The van der Waals surface area contributed by atoms with Crippen LogP contribution in [0.2, 0.25) is 0 Å². The predicted octanol–water partition coefficient (Wildman–Crippen LogP) is 2.35. The number of hydrogen-bond acceptors (Lipinski definition) is 3. The number of aliphatic hydroxyl groups is 1. The topological polar surface area (TPSA) is 41.5 Å². The lowest BCUT2D eigenvalue weighted by atomic mass is 9.87. The lowest BCUT2D eigenvalue weighted by Gasteiger charge is -2.29. The van der Waals surface area contributed by atoms with Crippen molar-refractivity contribution in [3.05, 3.63) is 71.8 Å². The summed E-state index contributed by atoms with van der Waals surface area (Å²) >= 11 is 0. The highest BCUT2D eigenvalue weighted by molar-refractivity contribution is 5.27. The molecule has 0 aliphatic carbocycles. The van der Waals surface area contributed by atoms with Crippen LogP contribution in [-0.2, 0) is 16.8 Å². The maximum Gasteiger partial charge on any atom is 0.106 e. The molecule has 3 nitrogen and oxygen atoms in total. The van der Waals surface area contributed by atoms with Crippen molar-refractivity contribution in [2.75, 3.05) is 26.8 Å². The van der Waals surface area contributed by atoms with Gasteiger partial charge >= 0.3 is 0 Å². The van der Waals surface area contributed by atoms with E-state index >= 15 is 0 Å². The Kier molecular flexibility index (Phi) is 5.93. The van der Waals surface area contributed by atoms with Crippen LogP contribution in [0.25, 0.3) is 0 Å².